The van der Waals surface area contributed by atoms with Gasteiger partial charge in [0, 0.05) is 12.0 Å². The van der Waals surface area contributed by atoms with Gasteiger partial charge in [-0.1, -0.05) is 130 Å². The maximum absolute atomic E-state index is 11.9. The Morgan fingerprint density at radius 1 is 0.972 bits per heavy atom. The van der Waals surface area contributed by atoms with E-state index in [9.17, 15) is 4.79 Å². The summed E-state index contributed by atoms with van der Waals surface area (Å²) < 4.78 is 5.62. The predicted molar refractivity (Wildman–Crippen MR) is 161 cm³/mol. The lowest BCUT2D eigenvalue weighted by atomic mass is 9.92. The van der Waals surface area contributed by atoms with Crippen LogP contribution in [0.4, 0.5) is 0 Å². The van der Waals surface area contributed by atoms with Gasteiger partial charge in [-0.25, -0.2) is 0 Å². The van der Waals surface area contributed by atoms with Gasteiger partial charge in [0.1, 0.15) is 11.8 Å². The van der Waals surface area contributed by atoms with E-state index >= 15 is 0 Å². The summed E-state index contributed by atoms with van der Waals surface area (Å²) in [6.45, 7) is 29.3. The molecule has 1 aromatic carbocycles. The zero-order chi connectivity index (χ0) is 28.7. The number of aliphatic imine (C=N–C) groups is 1. The number of fused-ring (bicyclic) bond motifs is 3. The molecule has 36 heavy (non-hydrogen) atoms. The minimum absolute atomic E-state index is 0.0596. The highest BCUT2D eigenvalue weighted by Crippen LogP contribution is 2.40. The van der Waals surface area contributed by atoms with E-state index in [-0.39, 0.29) is 12.2 Å². The number of hydrogen-bond acceptors (Lipinski definition) is 4. The highest BCUT2D eigenvalue weighted by molar-refractivity contribution is 6.18. The predicted octanol–water partition coefficient (Wildman–Crippen LogP) is 10.3. The van der Waals surface area contributed by atoms with E-state index in [0.717, 1.165) is 33.7 Å². The highest BCUT2D eigenvalue weighted by Gasteiger charge is 2.30. The molecule has 1 aliphatic heterocycles. The number of carbonyl (C=O) groups is 1. The first-order valence-corrected chi connectivity index (χ1v) is 13.7. The monoisotopic (exact) mass is 496 g/mol. The molecule has 0 aliphatic carbocycles. The van der Waals surface area contributed by atoms with E-state index in [1.54, 1.807) is 13.0 Å². The van der Waals surface area contributed by atoms with E-state index in [1.165, 1.54) is 0 Å². The Hall–Kier alpha value is -3.01. The van der Waals surface area contributed by atoms with Crippen molar-refractivity contribution in [2.45, 2.75) is 102 Å². The van der Waals surface area contributed by atoms with E-state index in [0.29, 0.717) is 5.76 Å². The summed E-state index contributed by atoms with van der Waals surface area (Å²) in [6.07, 6.45) is 7.92. The summed E-state index contributed by atoms with van der Waals surface area (Å²) >= 11 is 0. The van der Waals surface area contributed by atoms with Crippen LogP contribution in [0.15, 0.2) is 70.2 Å². The topological polar surface area (TPSA) is 55.5 Å². The second-order valence-corrected chi connectivity index (χ2v) is 6.31. The van der Waals surface area contributed by atoms with Crippen molar-refractivity contribution in [2.75, 3.05) is 0 Å². The Kier molecular flexibility index (Phi) is 24.7. The molecule has 202 valence electrons. The molecule has 1 atom stereocenters. The number of benzene rings is 1. The molecule has 0 bridgehead atoms. The van der Waals surface area contributed by atoms with Crippen molar-refractivity contribution in [3.63, 3.8) is 0 Å². The van der Waals surface area contributed by atoms with Crippen molar-refractivity contribution >= 4 is 11.5 Å². The first kappa shape index (κ1) is 37.5. The maximum Gasteiger partial charge on any atom is 0.169 e. The third kappa shape index (κ3) is 10.7. The van der Waals surface area contributed by atoms with Crippen molar-refractivity contribution in [3.8, 4) is 11.1 Å². The van der Waals surface area contributed by atoms with E-state index < -0.39 is 6.04 Å². The molecule has 2 aromatic rings. The molecule has 0 saturated carbocycles. The molecule has 4 heteroatoms. The summed E-state index contributed by atoms with van der Waals surface area (Å²) in [5, 5.41) is 4.14. The molecule has 0 saturated heterocycles. The lowest BCUT2D eigenvalue weighted by Gasteiger charge is -2.12. The third-order valence-corrected chi connectivity index (χ3v) is 4.33. The van der Waals surface area contributed by atoms with Crippen LogP contribution in [0.3, 0.4) is 0 Å². The minimum Gasteiger partial charge on any atom is -0.358 e. The fourth-order valence-corrected chi connectivity index (χ4v) is 3.29. The van der Waals surface area contributed by atoms with Crippen LogP contribution in [0.2, 0.25) is 0 Å². The van der Waals surface area contributed by atoms with Crippen LogP contribution in [0.5, 0.6) is 0 Å². The molecule has 0 fully saturated rings. The molecule has 0 spiro atoms. The van der Waals surface area contributed by atoms with Gasteiger partial charge in [-0.15, -0.1) is 0 Å². The van der Waals surface area contributed by atoms with Gasteiger partial charge in [-0.05, 0) is 31.9 Å². The molecular weight excluding hydrogens is 444 g/mol. The Bertz CT molecular complexity index is 947. The lowest BCUT2D eigenvalue weighted by Crippen LogP contribution is -2.08. The molecule has 0 amide bonds. The molecule has 0 unspecified atom stereocenters. The summed E-state index contributed by atoms with van der Waals surface area (Å²) in [5.74, 6) is 0.711. The van der Waals surface area contributed by atoms with Crippen molar-refractivity contribution in [1.82, 2.24) is 5.16 Å². The summed E-state index contributed by atoms with van der Waals surface area (Å²) in [4.78, 5) is 16.8. The second-order valence-electron chi connectivity index (χ2n) is 6.31. The van der Waals surface area contributed by atoms with E-state index in [1.807, 2.05) is 126 Å². The summed E-state index contributed by atoms with van der Waals surface area (Å²) in [7, 11) is 0. The normalized spacial score (nSPS) is 12.9. The van der Waals surface area contributed by atoms with E-state index in [4.69, 9.17) is 9.52 Å². The highest BCUT2D eigenvalue weighted by atomic mass is 16.5. The number of carbonyl (C=O) groups excluding carboxylic acids is 1. The molecule has 2 heterocycles. The molecule has 1 aromatic heterocycles. The Morgan fingerprint density at radius 2 is 1.50 bits per heavy atom. The fourth-order valence-electron chi connectivity index (χ4n) is 3.29. The first-order valence-electron chi connectivity index (χ1n) is 13.7. The lowest BCUT2D eigenvalue weighted by molar-refractivity contribution is -0.117. The first-order chi connectivity index (χ1) is 17.6. The van der Waals surface area contributed by atoms with Crippen LogP contribution in [0, 0.1) is 6.92 Å². The summed E-state index contributed by atoms with van der Waals surface area (Å²) in [6, 6.07) is 7.67. The standard InChI is InChI=1S/C22H22N2O2.5C2H6/c1-5-9-16(10-6-2)21-18-12-8-7-11-17(18)20-15(4)24-26-22(20)19(23-21)13-14(3)25;5*1-2/h5-12,19H,1,13H2,2-4H3;5*1-2H3/b10-6-,16-9+;;;;;/t19-;;;;;/m0...../s1. The molecule has 4 nitrogen and oxygen atoms in total. The number of Topliss-reactive ketones (excluding diaryl/α,β-unsaturated/α-hetero) is 1. The largest absolute Gasteiger partial charge is 0.358 e. The molecule has 1 aliphatic rings. The van der Waals surface area contributed by atoms with Gasteiger partial charge >= 0.3 is 0 Å². The van der Waals surface area contributed by atoms with Gasteiger partial charge in [0.05, 0.1) is 17.0 Å². The van der Waals surface area contributed by atoms with Crippen LogP contribution >= 0.6 is 0 Å². The average molecular weight is 497 g/mol. The van der Waals surface area contributed by atoms with Gasteiger partial charge in [0.2, 0.25) is 0 Å². The number of nitrogens with zero attached hydrogens (tertiary/aromatic N) is 2. The molecule has 0 radical (unpaired) electrons. The number of rotatable bonds is 5. The quantitative estimate of drug-likeness (QED) is 0.387. The number of aryl methyl sites for hydroxylation is 1. The maximum atomic E-state index is 11.9. The smallest absolute Gasteiger partial charge is 0.169 e. The third-order valence-electron chi connectivity index (χ3n) is 4.33. The number of ketones is 1. The second kappa shape index (κ2) is 23.7. The van der Waals surface area contributed by atoms with Gasteiger partial charge in [0.15, 0.2) is 5.76 Å². The zero-order valence-electron chi connectivity index (χ0n) is 25.3. The average Bonchev–Trinajstić information content (AvgIpc) is 3.26. The Labute approximate surface area is 222 Å². The number of hydrogen-bond donors (Lipinski definition) is 0. The number of aromatic nitrogens is 1. The zero-order valence-corrected chi connectivity index (χ0v) is 25.3. The molecule has 3 rings (SSSR count). The van der Waals surface area contributed by atoms with Crippen molar-refractivity contribution in [3.05, 3.63) is 77.7 Å². The van der Waals surface area contributed by atoms with Crippen LogP contribution in [-0.2, 0) is 4.79 Å². The Balaban J connectivity index is -0.000000973. The van der Waals surface area contributed by atoms with Gasteiger partial charge in [0.25, 0.3) is 0 Å². The van der Waals surface area contributed by atoms with Gasteiger partial charge in [-0.3, -0.25) is 9.79 Å². The van der Waals surface area contributed by atoms with Crippen molar-refractivity contribution < 1.29 is 9.32 Å². The Morgan fingerprint density at radius 3 is 1.97 bits per heavy atom. The number of allylic oxidation sites excluding steroid dienone is 5. The van der Waals surface area contributed by atoms with Crippen molar-refractivity contribution in [1.29, 1.82) is 0 Å². The van der Waals surface area contributed by atoms with Gasteiger partial charge < -0.3 is 4.52 Å². The van der Waals surface area contributed by atoms with Crippen LogP contribution < -0.4 is 0 Å². The van der Waals surface area contributed by atoms with Crippen molar-refractivity contribution in [2.24, 2.45) is 4.99 Å². The fraction of sp³-hybridized carbons (Fsp3) is 0.469. The minimum atomic E-state index is -0.399. The van der Waals surface area contributed by atoms with Crippen LogP contribution in [-0.4, -0.2) is 16.7 Å². The summed E-state index contributed by atoms with van der Waals surface area (Å²) in [5.41, 5.74) is 5.53. The molecular formula is C32H52N2O2. The van der Waals surface area contributed by atoms with Gasteiger partial charge in [-0.2, -0.15) is 0 Å². The molecule has 0 N–H and O–H groups in total. The van der Waals surface area contributed by atoms with E-state index in [2.05, 4.69) is 11.7 Å². The SMILES string of the molecule is C=C/C=C(\C=C/C)C1=N[C@@H](CC(C)=O)c2onc(C)c2-c2ccccc21.CC.CC.CC.CC.CC. The van der Waals surface area contributed by atoms with Crippen LogP contribution in [0.1, 0.15) is 113 Å². The van der Waals surface area contributed by atoms with Crippen LogP contribution in [0.25, 0.3) is 11.1 Å².